The van der Waals surface area contributed by atoms with Crippen LogP contribution in [0.2, 0.25) is 0 Å². The van der Waals surface area contributed by atoms with Gasteiger partial charge < -0.3 is 21.2 Å². The van der Waals surface area contributed by atoms with Crippen LogP contribution >= 0.6 is 11.3 Å². The lowest BCUT2D eigenvalue weighted by Gasteiger charge is -2.13. The first kappa shape index (κ1) is 29.0. The fourth-order valence-electron chi connectivity index (χ4n) is 3.76. The predicted molar refractivity (Wildman–Crippen MR) is 143 cm³/mol. The molecule has 204 valence electrons. The number of hydroxylamine groups is 1. The van der Waals surface area contributed by atoms with Gasteiger partial charge in [-0.1, -0.05) is 17.3 Å². The van der Waals surface area contributed by atoms with E-state index < -0.39 is 27.6 Å². The van der Waals surface area contributed by atoms with E-state index in [1.165, 1.54) is 23.6 Å². The fraction of sp³-hybridized carbons (Fsp3) is 0.333. The molecule has 2 aromatic heterocycles. The van der Waals surface area contributed by atoms with E-state index in [9.17, 15) is 23.2 Å². The summed E-state index contributed by atoms with van der Waals surface area (Å²) in [5.41, 5.74) is 15.1. The molecule has 7 N–H and O–H groups in total. The SMILES string of the molecule is Cc1noc(C)c1CCc1ccc(S(=O)(=O)Nc2ccsc2C(=O)C(=O)[C@H](CCCN=C(N)N)NO)cc1. The molecule has 0 aliphatic heterocycles. The summed E-state index contributed by atoms with van der Waals surface area (Å²) in [4.78, 5) is 29.2. The number of nitrogens with zero attached hydrogens (tertiary/aromatic N) is 2. The van der Waals surface area contributed by atoms with Gasteiger partial charge in [0.25, 0.3) is 10.0 Å². The van der Waals surface area contributed by atoms with Gasteiger partial charge in [-0.05, 0) is 68.7 Å². The molecule has 3 rings (SSSR count). The third kappa shape index (κ3) is 7.25. The van der Waals surface area contributed by atoms with Crippen LogP contribution in [0.5, 0.6) is 0 Å². The summed E-state index contributed by atoms with van der Waals surface area (Å²) in [6.07, 6.45) is 1.80. The first-order valence-corrected chi connectivity index (χ1v) is 14.0. The van der Waals surface area contributed by atoms with E-state index in [1.807, 2.05) is 19.3 Å². The van der Waals surface area contributed by atoms with Gasteiger partial charge in [-0.15, -0.1) is 11.3 Å². The molecule has 38 heavy (non-hydrogen) atoms. The molecule has 1 aromatic carbocycles. The third-order valence-electron chi connectivity index (χ3n) is 5.84. The Labute approximate surface area is 224 Å². The zero-order chi connectivity index (χ0) is 27.9. The van der Waals surface area contributed by atoms with Gasteiger partial charge in [0, 0.05) is 12.1 Å². The number of carbonyl (C=O) groups excluding carboxylic acids is 2. The highest BCUT2D eigenvalue weighted by molar-refractivity contribution is 7.92. The van der Waals surface area contributed by atoms with E-state index in [0.29, 0.717) is 19.3 Å². The third-order valence-corrected chi connectivity index (χ3v) is 8.13. The highest BCUT2D eigenvalue weighted by atomic mass is 32.2. The Bertz CT molecular complexity index is 1390. The number of aromatic nitrogens is 1. The minimum atomic E-state index is -4.04. The first-order chi connectivity index (χ1) is 18.0. The van der Waals surface area contributed by atoms with Crippen molar-refractivity contribution in [3.05, 3.63) is 63.2 Å². The number of guanidine groups is 1. The molecule has 0 amide bonds. The van der Waals surface area contributed by atoms with E-state index >= 15 is 0 Å². The smallest absolute Gasteiger partial charge is 0.261 e. The number of nitrogens with one attached hydrogen (secondary N) is 2. The quantitative estimate of drug-likeness (QED) is 0.0483. The number of Topliss-reactive ketones (excluding diaryl/α,β-unsaturated/α-hetero) is 2. The van der Waals surface area contributed by atoms with Gasteiger partial charge in [-0.2, -0.15) is 5.48 Å². The normalized spacial score (nSPS) is 12.2. The van der Waals surface area contributed by atoms with Gasteiger partial charge in [0.2, 0.25) is 11.6 Å². The predicted octanol–water partition coefficient (Wildman–Crippen LogP) is 2.09. The molecule has 0 saturated carbocycles. The van der Waals surface area contributed by atoms with Crippen molar-refractivity contribution in [2.24, 2.45) is 16.5 Å². The van der Waals surface area contributed by atoms with Crippen molar-refractivity contribution >= 4 is 44.6 Å². The molecule has 0 radical (unpaired) electrons. The topological polar surface area (TPSA) is 203 Å². The summed E-state index contributed by atoms with van der Waals surface area (Å²) in [6.45, 7) is 3.94. The van der Waals surface area contributed by atoms with Crippen molar-refractivity contribution in [3.8, 4) is 0 Å². The van der Waals surface area contributed by atoms with Gasteiger partial charge in [0.15, 0.2) is 5.96 Å². The number of rotatable bonds is 14. The Morgan fingerprint density at radius 3 is 2.47 bits per heavy atom. The van der Waals surface area contributed by atoms with E-state index in [1.54, 1.807) is 12.1 Å². The van der Waals surface area contributed by atoms with E-state index in [2.05, 4.69) is 14.9 Å². The number of hydrogen-bond donors (Lipinski definition) is 5. The molecule has 0 aliphatic carbocycles. The van der Waals surface area contributed by atoms with Crippen molar-refractivity contribution in [1.82, 2.24) is 10.6 Å². The largest absolute Gasteiger partial charge is 0.370 e. The fourth-order valence-corrected chi connectivity index (χ4v) is 5.69. The van der Waals surface area contributed by atoms with Gasteiger partial charge in [-0.25, -0.2) is 8.42 Å². The minimum Gasteiger partial charge on any atom is -0.370 e. The van der Waals surface area contributed by atoms with Gasteiger partial charge in [0.1, 0.15) is 10.6 Å². The van der Waals surface area contributed by atoms with Crippen LogP contribution < -0.4 is 21.7 Å². The molecule has 0 fully saturated rings. The Hall–Kier alpha value is -3.59. The molecule has 3 aromatic rings. The highest BCUT2D eigenvalue weighted by Crippen LogP contribution is 2.27. The average Bonchev–Trinajstić information content (AvgIpc) is 3.47. The number of hydrogen-bond acceptors (Lipinski definition) is 10. The van der Waals surface area contributed by atoms with Crippen molar-refractivity contribution in [2.75, 3.05) is 11.3 Å². The summed E-state index contributed by atoms with van der Waals surface area (Å²) in [5.74, 6) is -1.19. The van der Waals surface area contributed by atoms with Crippen LogP contribution in [-0.2, 0) is 27.7 Å². The molecule has 0 saturated heterocycles. The van der Waals surface area contributed by atoms with Crippen LogP contribution in [0.4, 0.5) is 5.69 Å². The maximum absolute atomic E-state index is 13.0. The maximum Gasteiger partial charge on any atom is 0.261 e. The summed E-state index contributed by atoms with van der Waals surface area (Å²) in [7, 11) is -4.04. The number of nitrogens with two attached hydrogens (primary N) is 2. The van der Waals surface area contributed by atoms with Crippen LogP contribution in [0.3, 0.4) is 0 Å². The molecule has 12 nitrogen and oxygen atoms in total. The molecule has 2 heterocycles. The number of aliphatic imine (C=N–C) groups is 1. The van der Waals surface area contributed by atoms with Crippen LogP contribution in [0.25, 0.3) is 0 Å². The zero-order valence-corrected chi connectivity index (χ0v) is 22.6. The van der Waals surface area contributed by atoms with Gasteiger partial charge in [0.05, 0.1) is 22.3 Å². The first-order valence-electron chi connectivity index (χ1n) is 11.7. The van der Waals surface area contributed by atoms with E-state index in [4.69, 9.17) is 16.0 Å². The average molecular weight is 563 g/mol. The monoisotopic (exact) mass is 562 g/mol. The van der Waals surface area contributed by atoms with E-state index in [0.717, 1.165) is 33.9 Å². The zero-order valence-electron chi connectivity index (χ0n) is 20.9. The second kappa shape index (κ2) is 12.8. The second-order valence-corrected chi connectivity index (χ2v) is 11.1. The number of thiophene rings is 1. The molecular weight excluding hydrogens is 532 g/mol. The lowest BCUT2D eigenvalue weighted by Crippen LogP contribution is -2.39. The molecule has 0 unspecified atom stereocenters. The van der Waals surface area contributed by atoms with Crippen molar-refractivity contribution in [1.29, 1.82) is 0 Å². The minimum absolute atomic E-state index is 0.00384. The molecule has 14 heteroatoms. The van der Waals surface area contributed by atoms with Gasteiger partial charge >= 0.3 is 0 Å². The van der Waals surface area contributed by atoms with Crippen molar-refractivity contribution in [2.45, 2.75) is 50.5 Å². The summed E-state index contributed by atoms with van der Waals surface area (Å²) in [6, 6.07) is 6.60. The van der Waals surface area contributed by atoms with Crippen LogP contribution in [0.15, 0.2) is 50.1 Å². The number of anilines is 1. The van der Waals surface area contributed by atoms with Crippen molar-refractivity contribution in [3.63, 3.8) is 0 Å². The van der Waals surface area contributed by atoms with Crippen molar-refractivity contribution < 1.29 is 27.7 Å². The standard InChI is InChI=1S/C24H30N6O6S2/c1-14-18(15(2)36-29-14)10-7-16-5-8-17(9-6-16)38(34,35)30-20-11-13-37-23(20)22(32)21(31)19(28-33)4-3-12-27-24(25)26/h5-6,8-9,11,13,19,28,30,33H,3-4,7,10,12H2,1-2H3,(H4,25,26,27)/t19-/m0/s1. The number of carbonyl (C=O) groups is 2. The highest BCUT2D eigenvalue weighted by Gasteiger charge is 2.29. The Kier molecular flexibility index (Phi) is 9.74. The van der Waals surface area contributed by atoms with Crippen LogP contribution in [0.1, 0.15) is 45.1 Å². The summed E-state index contributed by atoms with van der Waals surface area (Å²) in [5, 5.41) is 14.8. The second-order valence-electron chi connectivity index (χ2n) is 8.54. The number of benzene rings is 1. The number of sulfonamides is 1. The molecule has 0 spiro atoms. The Morgan fingerprint density at radius 2 is 1.87 bits per heavy atom. The summed E-state index contributed by atoms with van der Waals surface area (Å²) >= 11 is 0.918. The van der Waals surface area contributed by atoms with Gasteiger partial charge in [-0.3, -0.25) is 19.3 Å². The molecule has 1 atom stereocenters. The molecule has 0 bridgehead atoms. The summed E-state index contributed by atoms with van der Waals surface area (Å²) < 4.78 is 33.6. The number of ketones is 2. The van der Waals surface area contributed by atoms with Crippen LogP contribution in [-0.4, -0.2) is 48.9 Å². The number of aryl methyl sites for hydroxylation is 3. The lowest BCUT2D eigenvalue weighted by atomic mass is 10.0. The van der Waals surface area contributed by atoms with E-state index in [-0.39, 0.29) is 34.4 Å². The Morgan fingerprint density at radius 1 is 1.16 bits per heavy atom. The van der Waals surface area contributed by atoms with Crippen LogP contribution in [0, 0.1) is 13.8 Å². The molecular formula is C24H30N6O6S2. The Balaban J connectivity index is 1.66. The maximum atomic E-state index is 13.0. The lowest BCUT2D eigenvalue weighted by molar-refractivity contribution is -0.119. The molecule has 0 aliphatic rings.